The van der Waals surface area contributed by atoms with E-state index in [0.29, 0.717) is 13.1 Å². The number of rotatable bonds is 6. The molecule has 2 heterocycles. The number of hydrogen-bond donors (Lipinski definition) is 0. The van der Waals surface area contributed by atoms with Crippen LogP contribution in [-0.2, 0) is 20.5 Å². The van der Waals surface area contributed by atoms with E-state index in [4.69, 9.17) is 4.74 Å². The van der Waals surface area contributed by atoms with Crippen molar-refractivity contribution in [2.24, 2.45) is 0 Å². The van der Waals surface area contributed by atoms with Crippen LogP contribution in [0, 0.1) is 0 Å². The SMILES string of the molecule is CCOC(=O)c1cn(C2CN(S(=O)(=O)Cc3ccccc3)C2)nn1. The minimum Gasteiger partial charge on any atom is -0.461 e. The zero-order chi connectivity index (χ0) is 17.2. The number of esters is 1. The molecule has 1 saturated heterocycles. The molecule has 1 aromatic heterocycles. The molecule has 1 aliphatic rings. The normalized spacial score (nSPS) is 15.9. The summed E-state index contributed by atoms with van der Waals surface area (Å²) in [5.41, 5.74) is 0.883. The van der Waals surface area contributed by atoms with E-state index in [-0.39, 0.29) is 24.1 Å². The van der Waals surface area contributed by atoms with Crippen molar-refractivity contribution in [2.45, 2.75) is 18.7 Å². The van der Waals surface area contributed by atoms with Crippen molar-refractivity contribution in [2.75, 3.05) is 19.7 Å². The van der Waals surface area contributed by atoms with Crippen LogP contribution in [0.15, 0.2) is 36.5 Å². The Bertz CT molecular complexity index is 813. The van der Waals surface area contributed by atoms with Gasteiger partial charge in [-0.2, -0.15) is 4.31 Å². The monoisotopic (exact) mass is 350 g/mol. The number of aromatic nitrogens is 3. The fraction of sp³-hybridized carbons (Fsp3) is 0.400. The summed E-state index contributed by atoms with van der Waals surface area (Å²) in [5, 5.41) is 7.65. The Morgan fingerprint density at radius 1 is 1.29 bits per heavy atom. The Morgan fingerprint density at radius 2 is 2.00 bits per heavy atom. The van der Waals surface area contributed by atoms with E-state index < -0.39 is 16.0 Å². The first kappa shape index (κ1) is 16.6. The molecule has 24 heavy (non-hydrogen) atoms. The molecule has 1 fully saturated rings. The fourth-order valence-electron chi connectivity index (χ4n) is 2.44. The van der Waals surface area contributed by atoms with Crippen LogP contribution < -0.4 is 0 Å². The molecule has 3 rings (SSSR count). The van der Waals surface area contributed by atoms with Gasteiger partial charge < -0.3 is 4.74 Å². The maximum atomic E-state index is 12.4. The van der Waals surface area contributed by atoms with Gasteiger partial charge in [0, 0.05) is 13.1 Å². The maximum Gasteiger partial charge on any atom is 0.360 e. The first-order valence-corrected chi connectivity index (χ1v) is 9.21. The lowest BCUT2D eigenvalue weighted by Gasteiger charge is -2.37. The van der Waals surface area contributed by atoms with Gasteiger partial charge in [-0.3, -0.25) is 0 Å². The largest absolute Gasteiger partial charge is 0.461 e. The van der Waals surface area contributed by atoms with Gasteiger partial charge in [-0.15, -0.1) is 5.10 Å². The second-order valence-electron chi connectivity index (χ2n) is 5.52. The van der Waals surface area contributed by atoms with Crippen molar-refractivity contribution in [3.05, 3.63) is 47.8 Å². The molecule has 9 heteroatoms. The molecule has 0 spiro atoms. The van der Waals surface area contributed by atoms with Crippen LogP contribution in [0.5, 0.6) is 0 Å². The molecule has 0 radical (unpaired) electrons. The van der Waals surface area contributed by atoms with Gasteiger partial charge in [0.05, 0.1) is 24.6 Å². The highest BCUT2D eigenvalue weighted by Gasteiger charge is 2.37. The van der Waals surface area contributed by atoms with Crippen molar-refractivity contribution < 1.29 is 17.9 Å². The van der Waals surface area contributed by atoms with Gasteiger partial charge in [-0.05, 0) is 12.5 Å². The molecule has 1 aliphatic heterocycles. The Kier molecular flexibility index (Phi) is 4.63. The minimum atomic E-state index is -3.36. The molecule has 0 atom stereocenters. The van der Waals surface area contributed by atoms with Crippen molar-refractivity contribution in [3.63, 3.8) is 0 Å². The Balaban J connectivity index is 1.60. The summed E-state index contributed by atoms with van der Waals surface area (Å²) in [5.74, 6) is -0.553. The van der Waals surface area contributed by atoms with Crippen LogP contribution in [0.25, 0.3) is 0 Å². The van der Waals surface area contributed by atoms with Gasteiger partial charge in [0.25, 0.3) is 0 Å². The zero-order valence-corrected chi connectivity index (χ0v) is 14.0. The Labute approximate surface area is 140 Å². The van der Waals surface area contributed by atoms with E-state index in [9.17, 15) is 13.2 Å². The summed E-state index contributed by atoms with van der Waals surface area (Å²) >= 11 is 0. The molecule has 0 N–H and O–H groups in total. The number of nitrogens with zero attached hydrogens (tertiary/aromatic N) is 4. The molecule has 0 amide bonds. The zero-order valence-electron chi connectivity index (χ0n) is 13.2. The van der Waals surface area contributed by atoms with E-state index in [1.165, 1.54) is 15.2 Å². The Morgan fingerprint density at radius 3 is 2.67 bits per heavy atom. The lowest BCUT2D eigenvalue weighted by Crippen LogP contribution is -2.51. The smallest absolute Gasteiger partial charge is 0.360 e. The number of sulfonamides is 1. The summed E-state index contributed by atoms with van der Waals surface area (Å²) < 4.78 is 32.5. The van der Waals surface area contributed by atoms with Crippen molar-refractivity contribution in [1.82, 2.24) is 19.3 Å². The molecule has 128 valence electrons. The number of carbonyl (C=O) groups excluding carboxylic acids is 1. The van der Waals surface area contributed by atoms with Crippen molar-refractivity contribution in [1.29, 1.82) is 0 Å². The van der Waals surface area contributed by atoms with E-state index in [1.54, 1.807) is 19.1 Å². The van der Waals surface area contributed by atoms with Gasteiger partial charge in [0.1, 0.15) is 0 Å². The predicted octanol–water partition coefficient (Wildman–Crippen LogP) is 0.842. The number of carbonyl (C=O) groups is 1. The molecule has 2 aromatic rings. The third kappa shape index (κ3) is 3.46. The Hall–Kier alpha value is -2.26. The molecule has 0 bridgehead atoms. The topological polar surface area (TPSA) is 94.4 Å². The van der Waals surface area contributed by atoms with E-state index in [1.807, 2.05) is 18.2 Å². The quantitative estimate of drug-likeness (QED) is 0.717. The second kappa shape index (κ2) is 6.70. The van der Waals surface area contributed by atoms with Gasteiger partial charge in [0.2, 0.25) is 10.0 Å². The number of benzene rings is 1. The van der Waals surface area contributed by atoms with Crippen LogP contribution in [0.1, 0.15) is 29.0 Å². The molecular weight excluding hydrogens is 332 g/mol. The predicted molar refractivity (Wildman–Crippen MR) is 85.7 cm³/mol. The first-order valence-electron chi connectivity index (χ1n) is 7.60. The second-order valence-corrected chi connectivity index (χ2v) is 7.49. The highest BCUT2D eigenvalue weighted by atomic mass is 32.2. The van der Waals surface area contributed by atoms with Gasteiger partial charge in [-0.25, -0.2) is 17.9 Å². The van der Waals surface area contributed by atoms with Crippen LogP contribution in [0.3, 0.4) is 0 Å². The fourth-order valence-corrected chi connectivity index (χ4v) is 4.04. The summed E-state index contributed by atoms with van der Waals surface area (Å²) in [7, 11) is -3.36. The third-order valence-corrected chi connectivity index (χ3v) is 5.57. The highest BCUT2D eigenvalue weighted by molar-refractivity contribution is 7.88. The summed E-state index contributed by atoms with van der Waals surface area (Å²) in [6, 6.07) is 8.94. The van der Waals surface area contributed by atoms with Crippen LogP contribution in [-0.4, -0.2) is 53.4 Å². The van der Waals surface area contributed by atoms with Gasteiger partial charge in [-0.1, -0.05) is 35.5 Å². The average Bonchev–Trinajstić information content (AvgIpc) is 2.95. The number of hydrogen-bond acceptors (Lipinski definition) is 6. The third-order valence-electron chi connectivity index (χ3n) is 3.78. The van der Waals surface area contributed by atoms with Crippen molar-refractivity contribution >= 4 is 16.0 Å². The molecule has 0 unspecified atom stereocenters. The molecular formula is C15H18N4O4S. The molecule has 0 saturated carbocycles. The summed E-state index contributed by atoms with van der Waals surface area (Å²) in [6.45, 7) is 2.62. The van der Waals surface area contributed by atoms with Crippen LogP contribution in [0.2, 0.25) is 0 Å². The summed E-state index contributed by atoms with van der Waals surface area (Å²) in [6.07, 6.45) is 1.49. The van der Waals surface area contributed by atoms with E-state index in [2.05, 4.69) is 10.3 Å². The summed E-state index contributed by atoms with van der Waals surface area (Å²) in [4.78, 5) is 11.6. The van der Waals surface area contributed by atoms with Crippen molar-refractivity contribution in [3.8, 4) is 0 Å². The standard InChI is InChI=1S/C15H18N4O4S/c1-2-23-15(20)14-10-19(17-16-14)13-8-18(9-13)24(21,22)11-12-6-4-3-5-7-12/h3-7,10,13H,2,8-9,11H2,1H3. The molecule has 1 aromatic carbocycles. The van der Waals surface area contributed by atoms with Crippen LogP contribution in [0.4, 0.5) is 0 Å². The lowest BCUT2D eigenvalue weighted by atomic mass is 10.2. The first-order chi connectivity index (χ1) is 11.5. The maximum absolute atomic E-state index is 12.4. The average molecular weight is 350 g/mol. The molecule has 0 aliphatic carbocycles. The van der Waals surface area contributed by atoms with E-state index >= 15 is 0 Å². The molecule has 8 nitrogen and oxygen atoms in total. The van der Waals surface area contributed by atoms with E-state index in [0.717, 1.165) is 5.56 Å². The van der Waals surface area contributed by atoms with Gasteiger partial charge >= 0.3 is 5.97 Å². The number of ether oxygens (including phenoxy) is 1. The highest BCUT2D eigenvalue weighted by Crippen LogP contribution is 2.25. The minimum absolute atomic E-state index is 0.0218. The lowest BCUT2D eigenvalue weighted by molar-refractivity contribution is 0.0519. The van der Waals surface area contributed by atoms with Gasteiger partial charge in [0.15, 0.2) is 5.69 Å². The van der Waals surface area contributed by atoms with Crippen LogP contribution >= 0.6 is 0 Å².